The molecule has 4 nitrogen and oxygen atoms in total. The second kappa shape index (κ2) is 3.86. The smallest absolute Gasteiger partial charge is 0.0949 e. The Kier molecular flexibility index (Phi) is 2.80. The Morgan fingerprint density at radius 3 is 2.94 bits per heavy atom. The molecule has 4 heteroatoms. The van der Waals surface area contributed by atoms with Crippen molar-refractivity contribution in [3.8, 4) is 0 Å². The van der Waals surface area contributed by atoms with E-state index in [1.54, 1.807) is 0 Å². The lowest BCUT2D eigenvalue weighted by Crippen LogP contribution is -2.36. The average Bonchev–Trinajstić information content (AvgIpc) is 2.73. The summed E-state index contributed by atoms with van der Waals surface area (Å²) in [5, 5.41) is 0. The zero-order valence-corrected chi connectivity index (χ0v) is 10.4. The summed E-state index contributed by atoms with van der Waals surface area (Å²) >= 11 is 0. The molecular weight excluding hydrogens is 202 g/mol. The summed E-state index contributed by atoms with van der Waals surface area (Å²) in [6.07, 6.45) is 5.94. The van der Waals surface area contributed by atoms with Crippen molar-refractivity contribution in [2.75, 3.05) is 6.61 Å². The Balaban J connectivity index is 2.19. The van der Waals surface area contributed by atoms with Crippen molar-refractivity contribution < 1.29 is 4.74 Å². The lowest BCUT2D eigenvalue weighted by atomic mass is 10.00. The highest BCUT2D eigenvalue weighted by atomic mass is 16.5. The van der Waals surface area contributed by atoms with Gasteiger partial charge in [0.1, 0.15) is 0 Å². The summed E-state index contributed by atoms with van der Waals surface area (Å²) in [5.41, 5.74) is 6.77. The monoisotopic (exact) mass is 223 g/mol. The third-order valence-corrected chi connectivity index (χ3v) is 3.18. The molecule has 1 atom stereocenters. The van der Waals surface area contributed by atoms with E-state index in [2.05, 4.69) is 16.5 Å². The van der Waals surface area contributed by atoms with Gasteiger partial charge in [-0.25, -0.2) is 4.98 Å². The van der Waals surface area contributed by atoms with Crippen LogP contribution < -0.4 is 5.73 Å². The Morgan fingerprint density at radius 2 is 2.38 bits per heavy atom. The summed E-state index contributed by atoms with van der Waals surface area (Å²) in [6, 6.07) is 0. The number of hydrogen-bond acceptors (Lipinski definition) is 3. The normalized spacial score (nSPS) is 26.2. The Labute approximate surface area is 96.8 Å². The Bertz CT molecular complexity index is 359. The van der Waals surface area contributed by atoms with E-state index in [1.165, 1.54) is 0 Å². The molecule has 16 heavy (non-hydrogen) atoms. The van der Waals surface area contributed by atoms with E-state index in [4.69, 9.17) is 10.5 Å². The van der Waals surface area contributed by atoms with Gasteiger partial charge in [0.15, 0.2) is 0 Å². The molecule has 90 valence electrons. The zero-order chi connectivity index (χ0) is 11.8. The molecule has 2 heterocycles. The van der Waals surface area contributed by atoms with Gasteiger partial charge in [0, 0.05) is 12.8 Å². The molecule has 1 saturated heterocycles. The molecule has 1 aromatic heterocycles. The van der Waals surface area contributed by atoms with E-state index in [0.717, 1.165) is 31.7 Å². The first kappa shape index (κ1) is 11.6. The van der Waals surface area contributed by atoms with Gasteiger partial charge in [0.05, 0.1) is 29.7 Å². The number of ether oxygens (including phenoxy) is 1. The quantitative estimate of drug-likeness (QED) is 0.847. The molecule has 0 spiro atoms. The molecule has 1 fully saturated rings. The molecule has 1 aliphatic heterocycles. The Morgan fingerprint density at radius 1 is 1.62 bits per heavy atom. The first-order valence-corrected chi connectivity index (χ1v) is 5.84. The molecule has 0 aromatic carbocycles. The Hall–Kier alpha value is -0.870. The van der Waals surface area contributed by atoms with Crippen LogP contribution in [0.3, 0.4) is 0 Å². The third-order valence-electron chi connectivity index (χ3n) is 3.18. The second-order valence-electron chi connectivity index (χ2n) is 5.53. The second-order valence-corrected chi connectivity index (χ2v) is 5.53. The summed E-state index contributed by atoms with van der Waals surface area (Å²) in [7, 11) is 0. The summed E-state index contributed by atoms with van der Waals surface area (Å²) in [4.78, 5) is 4.19. The highest BCUT2D eigenvalue weighted by Crippen LogP contribution is 2.28. The van der Waals surface area contributed by atoms with Crippen molar-refractivity contribution in [2.24, 2.45) is 5.73 Å². The molecule has 0 radical (unpaired) electrons. The molecule has 2 rings (SSSR count). The zero-order valence-electron chi connectivity index (χ0n) is 10.4. The molecule has 1 aliphatic rings. The molecule has 2 N–H and O–H groups in total. The maximum Gasteiger partial charge on any atom is 0.0949 e. The van der Waals surface area contributed by atoms with Crippen LogP contribution in [0.4, 0.5) is 0 Å². The summed E-state index contributed by atoms with van der Waals surface area (Å²) < 4.78 is 7.91. The van der Waals surface area contributed by atoms with Gasteiger partial charge in [-0.15, -0.1) is 0 Å². The number of nitrogens with zero attached hydrogens (tertiary/aromatic N) is 2. The van der Waals surface area contributed by atoms with Crippen molar-refractivity contribution >= 4 is 0 Å². The van der Waals surface area contributed by atoms with E-state index in [1.807, 2.05) is 26.4 Å². The molecule has 1 aromatic rings. The van der Waals surface area contributed by atoms with Crippen LogP contribution in [-0.4, -0.2) is 21.8 Å². The topological polar surface area (TPSA) is 53.1 Å². The van der Waals surface area contributed by atoms with Crippen LogP contribution in [0.5, 0.6) is 0 Å². The van der Waals surface area contributed by atoms with E-state index in [0.29, 0.717) is 0 Å². The number of imidazole rings is 1. The SMILES string of the molecule is CC1(Cn2cncc2C(C)(C)N)CCCO1. The van der Waals surface area contributed by atoms with Crippen molar-refractivity contribution in [3.05, 3.63) is 18.2 Å². The number of nitrogens with two attached hydrogens (primary N) is 1. The van der Waals surface area contributed by atoms with Gasteiger partial charge < -0.3 is 15.0 Å². The van der Waals surface area contributed by atoms with E-state index < -0.39 is 0 Å². The number of rotatable bonds is 3. The van der Waals surface area contributed by atoms with E-state index in [-0.39, 0.29) is 11.1 Å². The lowest BCUT2D eigenvalue weighted by molar-refractivity contribution is 0.00519. The summed E-state index contributed by atoms with van der Waals surface area (Å²) in [5.74, 6) is 0. The van der Waals surface area contributed by atoms with Gasteiger partial charge in [-0.1, -0.05) is 0 Å². The first-order chi connectivity index (χ1) is 7.41. The molecule has 0 saturated carbocycles. The fraction of sp³-hybridized carbons (Fsp3) is 0.750. The number of aromatic nitrogens is 2. The molecular formula is C12H21N3O. The first-order valence-electron chi connectivity index (χ1n) is 5.84. The van der Waals surface area contributed by atoms with Crippen LogP contribution in [0.1, 0.15) is 39.3 Å². The highest BCUT2D eigenvalue weighted by Gasteiger charge is 2.32. The van der Waals surface area contributed by atoms with Crippen molar-refractivity contribution in [2.45, 2.75) is 51.3 Å². The minimum absolute atomic E-state index is 0.0549. The minimum atomic E-state index is -0.356. The standard InChI is InChI=1S/C12H21N3O/c1-11(2,13)10-7-14-9-15(10)8-12(3)5-4-6-16-12/h7,9H,4-6,8,13H2,1-3H3. The molecule has 0 amide bonds. The van der Waals surface area contributed by atoms with Gasteiger partial charge in [-0.2, -0.15) is 0 Å². The van der Waals surface area contributed by atoms with Crippen LogP contribution in [0.2, 0.25) is 0 Å². The maximum absolute atomic E-state index is 6.12. The fourth-order valence-corrected chi connectivity index (χ4v) is 2.31. The van der Waals surface area contributed by atoms with Gasteiger partial charge in [0.25, 0.3) is 0 Å². The van der Waals surface area contributed by atoms with Crippen LogP contribution in [0.25, 0.3) is 0 Å². The lowest BCUT2D eigenvalue weighted by Gasteiger charge is -2.27. The van der Waals surface area contributed by atoms with E-state index >= 15 is 0 Å². The predicted octanol–water partition coefficient (Wildman–Crippen LogP) is 1.65. The van der Waals surface area contributed by atoms with Gasteiger partial charge in [-0.05, 0) is 33.6 Å². The van der Waals surface area contributed by atoms with Crippen LogP contribution >= 0.6 is 0 Å². The van der Waals surface area contributed by atoms with Crippen molar-refractivity contribution in [1.82, 2.24) is 9.55 Å². The maximum atomic E-state index is 6.12. The van der Waals surface area contributed by atoms with Crippen molar-refractivity contribution in [1.29, 1.82) is 0 Å². The van der Waals surface area contributed by atoms with Gasteiger partial charge in [0.2, 0.25) is 0 Å². The van der Waals surface area contributed by atoms with E-state index in [9.17, 15) is 0 Å². The van der Waals surface area contributed by atoms with Crippen LogP contribution in [-0.2, 0) is 16.8 Å². The predicted molar refractivity (Wildman–Crippen MR) is 63.0 cm³/mol. The number of hydrogen-bond donors (Lipinski definition) is 1. The van der Waals surface area contributed by atoms with Gasteiger partial charge >= 0.3 is 0 Å². The molecule has 0 bridgehead atoms. The highest BCUT2D eigenvalue weighted by molar-refractivity contribution is 5.10. The molecule has 1 unspecified atom stereocenters. The van der Waals surface area contributed by atoms with Crippen molar-refractivity contribution in [3.63, 3.8) is 0 Å². The minimum Gasteiger partial charge on any atom is -0.373 e. The summed E-state index contributed by atoms with van der Waals surface area (Å²) in [6.45, 7) is 7.86. The van der Waals surface area contributed by atoms with Crippen LogP contribution in [0.15, 0.2) is 12.5 Å². The molecule has 0 aliphatic carbocycles. The largest absolute Gasteiger partial charge is 0.373 e. The third kappa shape index (κ3) is 2.28. The average molecular weight is 223 g/mol. The van der Waals surface area contributed by atoms with Gasteiger partial charge in [-0.3, -0.25) is 0 Å². The fourth-order valence-electron chi connectivity index (χ4n) is 2.31. The van der Waals surface area contributed by atoms with Crippen LogP contribution in [0, 0.1) is 0 Å².